The van der Waals surface area contributed by atoms with Gasteiger partial charge in [0.25, 0.3) is 0 Å². The third kappa shape index (κ3) is 2.27. The first kappa shape index (κ1) is 11.0. The molecule has 2 aromatic rings. The van der Waals surface area contributed by atoms with E-state index in [0.717, 1.165) is 17.9 Å². The lowest BCUT2D eigenvalue weighted by molar-refractivity contribution is 0.619. The summed E-state index contributed by atoms with van der Waals surface area (Å²) in [6.45, 7) is 0.755. The topological polar surface area (TPSA) is 17.8 Å². The number of imidazole rings is 1. The molecule has 4 heteroatoms. The van der Waals surface area contributed by atoms with Crippen molar-refractivity contribution in [3.05, 3.63) is 52.3 Å². The smallest absolute Gasteiger partial charge is 0.137 e. The summed E-state index contributed by atoms with van der Waals surface area (Å²) in [5, 5.41) is 0. The van der Waals surface area contributed by atoms with E-state index in [9.17, 15) is 4.39 Å². The summed E-state index contributed by atoms with van der Waals surface area (Å²) in [6, 6.07) is 5.13. The maximum Gasteiger partial charge on any atom is 0.137 e. The van der Waals surface area contributed by atoms with E-state index in [4.69, 9.17) is 0 Å². The summed E-state index contributed by atoms with van der Waals surface area (Å²) < 4.78 is 15.8. The van der Waals surface area contributed by atoms with Crippen LogP contribution in [0.15, 0.2) is 35.1 Å². The fourth-order valence-electron chi connectivity index (χ4n) is 1.99. The lowest BCUT2D eigenvalue weighted by Gasteiger charge is -2.07. The molecule has 0 spiro atoms. The molecule has 1 aliphatic rings. The molecule has 0 unspecified atom stereocenters. The average molecular weight is 295 g/mol. The first-order chi connectivity index (χ1) is 8.24. The van der Waals surface area contributed by atoms with Crippen LogP contribution in [0.5, 0.6) is 0 Å². The van der Waals surface area contributed by atoms with Crippen molar-refractivity contribution in [1.29, 1.82) is 0 Å². The Hall–Kier alpha value is -1.16. The van der Waals surface area contributed by atoms with Crippen LogP contribution in [-0.4, -0.2) is 9.55 Å². The Kier molecular flexibility index (Phi) is 2.74. The molecule has 3 rings (SSSR count). The molecule has 0 bridgehead atoms. The van der Waals surface area contributed by atoms with E-state index < -0.39 is 0 Å². The van der Waals surface area contributed by atoms with E-state index in [1.54, 1.807) is 0 Å². The lowest BCUT2D eigenvalue weighted by Crippen LogP contribution is -2.03. The van der Waals surface area contributed by atoms with Gasteiger partial charge in [-0.3, -0.25) is 0 Å². The van der Waals surface area contributed by atoms with Gasteiger partial charge in [-0.25, -0.2) is 9.37 Å². The quantitative estimate of drug-likeness (QED) is 0.844. The van der Waals surface area contributed by atoms with E-state index in [2.05, 4.69) is 25.5 Å². The predicted octanol–water partition coefficient (Wildman–Crippen LogP) is 3.71. The minimum Gasteiger partial charge on any atom is -0.330 e. The summed E-state index contributed by atoms with van der Waals surface area (Å²) in [7, 11) is 0. The maximum absolute atomic E-state index is 13.1. The van der Waals surface area contributed by atoms with Crippen molar-refractivity contribution in [3.8, 4) is 0 Å². The molecule has 2 nitrogen and oxygen atoms in total. The molecular formula is C13H12BrFN2. The Labute approximate surface area is 108 Å². The standard InChI is InChI=1S/C13H12BrFN2/c14-11-7-9(1-4-12(11)15)8-17-6-5-16-13(17)10-2-3-10/h1,4-7,10H,2-3,8H2. The van der Waals surface area contributed by atoms with E-state index in [1.807, 2.05) is 24.5 Å². The molecule has 0 radical (unpaired) electrons. The zero-order valence-electron chi connectivity index (χ0n) is 9.24. The number of rotatable bonds is 3. The Morgan fingerprint density at radius 2 is 2.24 bits per heavy atom. The highest BCUT2D eigenvalue weighted by Gasteiger charge is 2.27. The number of benzene rings is 1. The van der Waals surface area contributed by atoms with E-state index in [0.29, 0.717) is 10.4 Å². The van der Waals surface area contributed by atoms with Crippen LogP contribution in [0.4, 0.5) is 4.39 Å². The molecule has 1 aromatic heterocycles. The van der Waals surface area contributed by atoms with Crippen LogP contribution >= 0.6 is 15.9 Å². The molecule has 17 heavy (non-hydrogen) atoms. The van der Waals surface area contributed by atoms with Crippen molar-refractivity contribution in [2.24, 2.45) is 0 Å². The van der Waals surface area contributed by atoms with Gasteiger partial charge in [-0.15, -0.1) is 0 Å². The molecule has 1 saturated carbocycles. The first-order valence-electron chi connectivity index (χ1n) is 5.69. The van der Waals surface area contributed by atoms with Crippen LogP contribution < -0.4 is 0 Å². The molecule has 0 aliphatic heterocycles. The lowest BCUT2D eigenvalue weighted by atomic mass is 10.2. The van der Waals surface area contributed by atoms with Gasteiger partial charge in [-0.1, -0.05) is 6.07 Å². The van der Waals surface area contributed by atoms with Gasteiger partial charge >= 0.3 is 0 Å². The second kappa shape index (κ2) is 4.26. The fourth-order valence-corrected chi connectivity index (χ4v) is 2.42. The van der Waals surface area contributed by atoms with Crippen molar-refractivity contribution >= 4 is 15.9 Å². The van der Waals surface area contributed by atoms with Gasteiger partial charge in [0.15, 0.2) is 0 Å². The summed E-state index contributed by atoms with van der Waals surface area (Å²) in [4.78, 5) is 4.39. The Balaban J connectivity index is 1.85. The van der Waals surface area contributed by atoms with Crippen molar-refractivity contribution in [2.45, 2.75) is 25.3 Å². The Bertz CT molecular complexity index is 546. The van der Waals surface area contributed by atoms with E-state index in [1.165, 1.54) is 18.9 Å². The molecule has 0 amide bonds. The third-order valence-electron chi connectivity index (χ3n) is 3.03. The number of nitrogens with zero attached hydrogens (tertiary/aromatic N) is 2. The normalized spacial score (nSPS) is 15.2. The predicted molar refractivity (Wildman–Crippen MR) is 67.4 cm³/mol. The van der Waals surface area contributed by atoms with Crippen molar-refractivity contribution in [2.75, 3.05) is 0 Å². The van der Waals surface area contributed by atoms with E-state index >= 15 is 0 Å². The zero-order chi connectivity index (χ0) is 11.8. The van der Waals surface area contributed by atoms with Gasteiger partial charge in [-0.2, -0.15) is 0 Å². The van der Waals surface area contributed by atoms with Crippen LogP contribution in [0.3, 0.4) is 0 Å². The fraction of sp³-hybridized carbons (Fsp3) is 0.308. The van der Waals surface area contributed by atoms with Gasteiger partial charge in [0.2, 0.25) is 0 Å². The second-order valence-electron chi connectivity index (χ2n) is 4.44. The van der Waals surface area contributed by atoms with Crippen LogP contribution in [-0.2, 0) is 6.54 Å². The molecule has 0 saturated heterocycles. The Morgan fingerprint density at radius 1 is 1.41 bits per heavy atom. The molecule has 1 aliphatic carbocycles. The van der Waals surface area contributed by atoms with Gasteiger partial charge < -0.3 is 4.57 Å². The number of halogens is 2. The van der Waals surface area contributed by atoms with Gasteiger partial charge in [-0.05, 0) is 46.5 Å². The molecule has 1 heterocycles. The number of hydrogen-bond donors (Lipinski definition) is 0. The van der Waals surface area contributed by atoms with Crippen molar-refractivity contribution < 1.29 is 4.39 Å². The van der Waals surface area contributed by atoms with Crippen LogP contribution in [0.1, 0.15) is 30.1 Å². The monoisotopic (exact) mass is 294 g/mol. The molecule has 88 valence electrons. The molecule has 0 atom stereocenters. The second-order valence-corrected chi connectivity index (χ2v) is 5.29. The number of hydrogen-bond acceptors (Lipinski definition) is 1. The van der Waals surface area contributed by atoms with Gasteiger partial charge in [0, 0.05) is 24.9 Å². The molecule has 1 aromatic carbocycles. The third-order valence-corrected chi connectivity index (χ3v) is 3.63. The summed E-state index contributed by atoms with van der Waals surface area (Å²) >= 11 is 3.21. The van der Waals surface area contributed by atoms with Crippen LogP contribution in [0, 0.1) is 5.82 Å². The largest absolute Gasteiger partial charge is 0.330 e. The van der Waals surface area contributed by atoms with Crippen molar-refractivity contribution in [3.63, 3.8) is 0 Å². The molecular weight excluding hydrogens is 283 g/mol. The first-order valence-corrected chi connectivity index (χ1v) is 6.48. The zero-order valence-corrected chi connectivity index (χ0v) is 10.8. The van der Waals surface area contributed by atoms with Gasteiger partial charge in [0.1, 0.15) is 11.6 Å². The Morgan fingerprint density at radius 3 is 2.94 bits per heavy atom. The van der Waals surface area contributed by atoms with Gasteiger partial charge in [0.05, 0.1) is 4.47 Å². The SMILES string of the molecule is Fc1ccc(Cn2ccnc2C2CC2)cc1Br. The summed E-state index contributed by atoms with van der Waals surface area (Å²) in [5.74, 6) is 1.57. The highest BCUT2D eigenvalue weighted by atomic mass is 79.9. The minimum atomic E-state index is -0.221. The van der Waals surface area contributed by atoms with E-state index in [-0.39, 0.29) is 5.82 Å². The van der Waals surface area contributed by atoms with Crippen molar-refractivity contribution in [1.82, 2.24) is 9.55 Å². The summed E-state index contributed by atoms with van der Waals surface area (Å²) in [5.41, 5.74) is 1.08. The average Bonchev–Trinajstić information content (AvgIpc) is 3.05. The minimum absolute atomic E-state index is 0.221. The maximum atomic E-state index is 13.1. The highest BCUT2D eigenvalue weighted by molar-refractivity contribution is 9.10. The number of aromatic nitrogens is 2. The highest BCUT2D eigenvalue weighted by Crippen LogP contribution is 2.39. The van der Waals surface area contributed by atoms with Crippen LogP contribution in [0.2, 0.25) is 0 Å². The van der Waals surface area contributed by atoms with Crippen LogP contribution in [0.25, 0.3) is 0 Å². The summed E-state index contributed by atoms with van der Waals surface area (Å²) in [6.07, 6.45) is 6.31. The molecule has 1 fully saturated rings. The molecule has 0 N–H and O–H groups in total.